The van der Waals surface area contributed by atoms with Gasteiger partial charge in [0.25, 0.3) is 5.91 Å². The van der Waals surface area contributed by atoms with E-state index in [1.807, 2.05) is 19.0 Å². The van der Waals surface area contributed by atoms with Gasteiger partial charge in [-0.2, -0.15) is 18.2 Å². The molecule has 2 aromatic rings. The van der Waals surface area contributed by atoms with E-state index >= 15 is 0 Å². The summed E-state index contributed by atoms with van der Waals surface area (Å²) in [6.07, 6.45) is -3.70. The minimum Gasteiger partial charge on any atom is -0.370 e. The summed E-state index contributed by atoms with van der Waals surface area (Å²) < 4.78 is 39.0. The minimum atomic E-state index is -4.50. The van der Waals surface area contributed by atoms with Gasteiger partial charge in [0.05, 0.1) is 5.56 Å². The van der Waals surface area contributed by atoms with Gasteiger partial charge in [-0.1, -0.05) is 6.07 Å². The van der Waals surface area contributed by atoms with Crippen molar-refractivity contribution in [2.24, 2.45) is 10.7 Å². The van der Waals surface area contributed by atoms with Gasteiger partial charge in [0.2, 0.25) is 0 Å². The lowest BCUT2D eigenvalue weighted by Crippen LogP contribution is -2.34. The largest absolute Gasteiger partial charge is 0.417 e. The van der Waals surface area contributed by atoms with Crippen LogP contribution in [0.4, 0.5) is 13.2 Å². The van der Waals surface area contributed by atoms with Crippen molar-refractivity contribution in [3.8, 4) is 0 Å². The molecule has 0 saturated heterocycles. The molecule has 2 rings (SSSR count). The van der Waals surface area contributed by atoms with Gasteiger partial charge in [0.1, 0.15) is 5.69 Å². The van der Waals surface area contributed by atoms with Crippen LogP contribution < -0.4 is 11.1 Å². The Bertz CT molecular complexity index is 780. The molecule has 1 heterocycles. The number of nitrogens with zero attached hydrogens (tertiary/aromatic N) is 2. The molecule has 0 bridgehead atoms. The summed E-state index contributed by atoms with van der Waals surface area (Å²) in [5.41, 5.74) is 4.99. The lowest BCUT2D eigenvalue weighted by molar-refractivity contribution is -0.136. The molecule has 0 unspecified atom stereocenters. The fourth-order valence-corrected chi connectivity index (χ4v) is 2.34. The Hall–Kier alpha value is -2.55. The second-order valence-electron chi connectivity index (χ2n) is 5.83. The van der Waals surface area contributed by atoms with E-state index in [4.69, 9.17) is 5.73 Å². The first-order chi connectivity index (χ1) is 11.7. The fourth-order valence-electron chi connectivity index (χ4n) is 2.34. The second kappa shape index (κ2) is 7.56. The summed E-state index contributed by atoms with van der Waals surface area (Å²) in [5, 5.41) is 2.72. The summed E-state index contributed by atoms with van der Waals surface area (Å²) in [6.45, 7) is 1.38. The van der Waals surface area contributed by atoms with Crippen molar-refractivity contribution >= 4 is 22.8 Å². The molecule has 9 heteroatoms. The molecule has 1 amide bonds. The maximum Gasteiger partial charge on any atom is 0.417 e. The lowest BCUT2D eigenvalue weighted by Gasteiger charge is -2.09. The van der Waals surface area contributed by atoms with E-state index in [1.54, 1.807) is 0 Å². The highest BCUT2D eigenvalue weighted by Crippen LogP contribution is 2.35. The summed E-state index contributed by atoms with van der Waals surface area (Å²) in [4.78, 5) is 20.4. The molecule has 0 fully saturated rings. The first-order valence-electron chi connectivity index (χ1n) is 7.64. The number of carbonyl (C=O) groups is 1. The number of alkyl halides is 3. The minimum absolute atomic E-state index is 0.0512. The van der Waals surface area contributed by atoms with E-state index in [2.05, 4.69) is 15.3 Å². The van der Waals surface area contributed by atoms with Gasteiger partial charge >= 0.3 is 6.18 Å². The average Bonchev–Trinajstić information content (AvgIpc) is 2.94. The van der Waals surface area contributed by atoms with Crippen LogP contribution in [0.5, 0.6) is 0 Å². The van der Waals surface area contributed by atoms with Crippen molar-refractivity contribution in [1.29, 1.82) is 0 Å². The molecule has 1 aromatic carbocycles. The van der Waals surface area contributed by atoms with Crippen molar-refractivity contribution in [3.05, 3.63) is 35.5 Å². The summed E-state index contributed by atoms with van der Waals surface area (Å²) >= 11 is 0. The molecule has 6 nitrogen and oxygen atoms in total. The normalized spacial score (nSPS) is 12.8. The van der Waals surface area contributed by atoms with Gasteiger partial charge in [-0.3, -0.25) is 4.79 Å². The van der Waals surface area contributed by atoms with Crippen molar-refractivity contribution in [1.82, 2.24) is 15.2 Å². The van der Waals surface area contributed by atoms with Gasteiger partial charge in [-0.05, 0) is 45.3 Å². The number of hydrogen-bond donors (Lipinski definition) is 3. The fraction of sp³-hybridized carbons (Fsp3) is 0.375. The van der Waals surface area contributed by atoms with Crippen LogP contribution in [0.15, 0.2) is 29.3 Å². The molecule has 136 valence electrons. The maximum atomic E-state index is 13.0. The SMILES string of the molecule is CN(C)CCCNC(N)=NC(=O)c1cc2c(C(F)(F)F)cccc2[nH]1. The first kappa shape index (κ1) is 18.8. The van der Waals surface area contributed by atoms with Crippen LogP contribution in [-0.2, 0) is 6.18 Å². The number of amides is 1. The number of H-pyrrole nitrogens is 1. The Morgan fingerprint density at radius 1 is 1.36 bits per heavy atom. The van der Waals surface area contributed by atoms with Crippen molar-refractivity contribution in [2.75, 3.05) is 27.2 Å². The van der Waals surface area contributed by atoms with Crippen molar-refractivity contribution in [3.63, 3.8) is 0 Å². The van der Waals surface area contributed by atoms with Gasteiger partial charge < -0.3 is 20.9 Å². The van der Waals surface area contributed by atoms with E-state index in [0.29, 0.717) is 6.54 Å². The van der Waals surface area contributed by atoms with Crippen LogP contribution in [0.25, 0.3) is 10.9 Å². The Labute approximate surface area is 142 Å². The average molecular weight is 355 g/mol. The number of benzene rings is 1. The van der Waals surface area contributed by atoms with E-state index < -0.39 is 17.6 Å². The summed E-state index contributed by atoms with van der Waals surface area (Å²) in [7, 11) is 3.87. The standard InChI is InChI=1S/C16H20F3N5O/c1-24(2)8-4-7-21-15(20)23-14(25)13-9-10-11(16(17,18)19)5-3-6-12(10)22-13/h3,5-6,9,22H,4,7-8H2,1-2H3,(H3,20,21,23,25). The Morgan fingerprint density at radius 2 is 2.08 bits per heavy atom. The number of aromatic amines is 1. The Balaban J connectivity index is 2.13. The predicted octanol–water partition coefficient (Wildman–Crippen LogP) is 2.18. The maximum absolute atomic E-state index is 13.0. The van der Waals surface area contributed by atoms with Crippen LogP contribution in [-0.4, -0.2) is 48.9 Å². The first-order valence-corrected chi connectivity index (χ1v) is 7.64. The molecule has 0 spiro atoms. The van der Waals surface area contributed by atoms with Gasteiger partial charge in [-0.25, -0.2) is 0 Å². The third kappa shape index (κ3) is 4.96. The molecule has 0 atom stereocenters. The van der Waals surface area contributed by atoms with Crippen LogP contribution in [0, 0.1) is 0 Å². The predicted molar refractivity (Wildman–Crippen MR) is 90.4 cm³/mol. The third-order valence-corrected chi connectivity index (χ3v) is 3.51. The van der Waals surface area contributed by atoms with Crippen molar-refractivity contribution in [2.45, 2.75) is 12.6 Å². The van der Waals surface area contributed by atoms with E-state index in [0.717, 1.165) is 25.1 Å². The number of aromatic nitrogens is 1. The molecular weight excluding hydrogens is 335 g/mol. The zero-order valence-electron chi connectivity index (χ0n) is 13.9. The van der Waals surface area contributed by atoms with Gasteiger partial charge in [0, 0.05) is 17.4 Å². The van der Waals surface area contributed by atoms with Crippen LogP contribution >= 0.6 is 0 Å². The number of halogens is 3. The number of rotatable bonds is 5. The molecule has 4 N–H and O–H groups in total. The highest BCUT2D eigenvalue weighted by Gasteiger charge is 2.33. The summed E-state index contributed by atoms with van der Waals surface area (Å²) in [6, 6.07) is 4.85. The Kier molecular flexibility index (Phi) is 5.68. The number of aliphatic imine (C=N–C) groups is 1. The van der Waals surface area contributed by atoms with E-state index in [9.17, 15) is 18.0 Å². The molecule has 1 aromatic heterocycles. The highest BCUT2D eigenvalue weighted by atomic mass is 19.4. The second-order valence-corrected chi connectivity index (χ2v) is 5.83. The van der Waals surface area contributed by atoms with Gasteiger partial charge in [0.15, 0.2) is 5.96 Å². The smallest absolute Gasteiger partial charge is 0.370 e. The van der Waals surface area contributed by atoms with Crippen LogP contribution in [0.3, 0.4) is 0 Å². The number of hydrogen-bond acceptors (Lipinski definition) is 2. The lowest BCUT2D eigenvalue weighted by atomic mass is 10.1. The molecule has 0 aliphatic rings. The molecule has 0 aliphatic carbocycles. The van der Waals surface area contributed by atoms with Crippen molar-refractivity contribution < 1.29 is 18.0 Å². The number of carbonyl (C=O) groups excluding carboxylic acids is 1. The number of fused-ring (bicyclic) bond motifs is 1. The van der Waals surface area contributed by atoms with Gasteiger partial charge in [-0.15, -0.1) is 0 Å². The molecule has 0 saturated carbocycles. The molecule has 0 radical (unpaired) electrons. The third-order valence-electron chi connectivity index (χ3n) is 3.51. The highest BCUT2D eigenvalue weighted by molar-refractivity contribution is 6.04. The zero-order chi connectivity index (χ0) is 18.6. The molecule has 0 aliphatic heterocycles. The zero-order valence-corrected chi connectivity index (χ0v) is 13.9. The monoisotopic (exact) mass is 355 g/mol. The molecule has 25 heavy (non-hydrogen) atoms. The van der Waals surface area contributed by atoms with Crippen LogP contribution in [0.1, 0.15) is 22.5 Å². The topological polar surface area (TPSA) is 86.5 Å². The molecular formula is C16H20F3N5O. The van der Waals surface area contributed by atoms with Crippen LogP contribution in [0.2, 0.25) is 0 Å². The van der Waals surface area contributed by atoms with E-state index in [-0.39, 0.29) is 22.6 Å². The number of guanidine groups is 1. The number of nitrogens with one attached hydrogen (secondary N) is 2. The number of nitrogens with two attached hydrogens (primary N) is 1. The summed E-state index contributed by atoms with van der Waals surface area (Å²) in [5.74, 6) is -0.805. The van der Waals surface area contributed by atoms with E-state index in [1.165, 1.54) is 12.1 Å². The Morgan fingerprint density at radius 3 is 2.72 bits per heavy atom. The quantitative estimate of drug-likeness (QED) is 0.436.